The highest BCUT2D eigenvalue weighted by Crippen LogP contribution is 2.22. The molecule has 2 rings (SSSR count). The first-order valence-electron chi connectivity index (χ1n) is 5.20. The molecule has 17 heavy (non-hydrogen) atoms. The van der Waals surface area contributed by atoms with E-state index in [-0.39, 0.29) is 5.82 Å². The van der Waals surface area contributed by atoms with Crippen LogP contribution in [0.3, 0.4) is 0 Å². The van der Waals surface area contributed by atoms with Gasteiger partial charge in [0.2, 0.25) is 0 Å². The topological polar surface area (TPSA) is 38.9 Å². The Kier molecular flexibility index (Phi) is 3.15. The van der Waals surface area contributed by atoms with Gasteiger partial charge in [0, 0.05) is 11.8 Å². The van der Waals surface area contributed by atoms with Crippen molar-refractivity contribution in [3.8, 4) is 0 Å². The van der Waals surface area contributed by atoms with Gasteiger partial charge in [-0.05, 0) is 30.2 Å². The summed E-state index contributed by atoms with van der Waals surface area (Å²) in [5.41, 5.74) is 7.47. The fourth-order valence-corrected chi connectivity index (χ4v) is 1.68. The average Bonchev–Trinajstić information content (AvgIpc) is 2.32. The summed E-state index contributed by atoms with van der Waals surface area (Å²) >= 11 is 0. The number of aromatic nitrogens is 1. The lowest BCUT2D eigenvalue weighted by Crippen LogP contribution is -2.14. The van der Waals surface area contributed by atoms with Crippen molar-refractivity contribution in [2.75, 3.05) is 0 Å². The Hall–Kier alpha value is -1.81. The molecule has 0 fully saturated rings. The summed E-state index contributed by atoms with van der Waals surface area (Å²) in [5.74, 6) is -0.752. The van der Waals surface area contributed by atoms with Gasteiger partial charge in [0.1, 0.15) is 11.6 Å². The molecule has 0 radical (unpaired) electrons. The van der Waals surface area contributed by atoms with Gasteiger partial charge in [-0.25, -0.2) is 8.78 Å². The molecule has 0 aliphatic rings. The summed E-state index contributed by atoms with van der Waals surface area (Å²) in [6, 6.07) is 5.44. The van der Waals surface area contributed by atoms with E-state index < -0.39 is 11.9 Å². The predicted molar refractivity (Wildman–Crippen MR) is 61.4 cm³/mol. The van der Waals surface area contributed by atoms with Crippen LogP contribution in [0, 0.1) is 18.6 Å². The number of hydrogen-bond donors (Lipinski definition) is 1. The summed E-state index contributed by atoms with van der Waals surface area (Å²) in [7, 11) is 0. The number of pyridine rings is 1. The lowest BCUT2D eigenvalue weighted by Gasteiger charge is -2.13. The zero-order valence-electron chi connectivity index (χ0n) is 9.32. The fourth-order valence-electron chi connectivity index (χ4n) is 1.68. The van der Waals surface area contributed by atoms with Crippen LogP contribution in [0.5, 0.6) is 0 Å². The van der Waals surface area contributed by atoms with Crippen LogP contribution in [0.15, 0.2) is 36.7 Å². The summed E-state index contributed by atoms with van der Waals surface area (Å²) < 4.78 is 26.6. The first-order chi connectivity index (χ1) is 8.09. The van der Waals surface area contributed by atoms with E-state index in [0.717, 1.165) is 6.20 Å². The second-order valence-electron chi connectivity index (χ2n) is 3.88. The Labute approximate surface area is 98.1 Å². The van der Waals surface area contributed by atoms with Crippen molar-refractivity contribution in [2.45, 2.75) is 13.0 Å². The van der Waals surface area contributed by atoms with Gasteiger partial charge in [0.25, 0.3) is 0 Å². The van der Waals surface area contributed by atoms with Gasteiger partial charge in [-0.3, -0.25) is 4.98 Å². The maximum atomic E-state index is 13.5. The van der Waals surface area contributed by atoms with Gasteiger partial charge in [-0.1, -0.05) is 12.1 Å². The normalized spacial score (nSPS) is 12.5. The van der Waals surface area contributed by atoms with Crippen molar-refractivity contribution in [1.82, 2.24) is 4.98 Å². The van der Waals surface area contributed by atoms with Crippen LogP contribution in [0.25, 0.3) is 0 Å². The van der Waals surface area contributed by atoms with E-state index >= 15 is 0 Å². The van der Waals surface area contributed by atoms with Crippen LogP contribution in [-0.4, -0.2) is 4.98 Å². The Morgan fingerprint density at radius 3 is 2.59 bits per heavy atom. The molecule has 1 aromatic carbocycles. The second-order valence-corrected chi connectivity index (χ2v) is 3.88. The monoisotopic (exact) mass is 234 g/mol. The molecule has 1 heterocycles. The smallest absolute Gasteiger partial charge is 0.146 e. The standard InChI is InChI=1S/C13H12F2N2/c1-8-6-9(2-3-11(8)14)13(16)10-4-5-17-7-12(10)15/h2-7,13H,16H2,1H3. The van der Waals surface area contributed by atoms with E-state index in [4.69, 9.17) is 5.73 Å². The van der Waals surface area contributed by atoms with Gasteiger partial charge in [-0.2, -0.15) is 0 Å². The molecule has 0 bridgehead atoms. The molecule has 4 heteroatoms. The van der Waals surface area contributed by atoms with Crippen molar-refractivity contribution >= 4 is 0 Å². The number of halogens is 2. The highest BCUT2D eigenvalue weighted by Gasteiger charge is 2.14. The zero-order valence-corrected chi connectivity index (χ0v) is 9.32. The minimum absolute atomic E-state index is 0.295. The zero-order chi connectivity index (χ0) is 12.4. The minimum Gasteiger partial charge on any atom is -0.320 e. The number of benzene rings is 1. The molecule has 0 spiro atoms. The van der Waals surface area contributed by atoms with E-state index in [1.165, 1.54) is 18.3 Å². The van der Waals surface area contributed by atoms with Crippen molar-refractivity contribution in [3.63, 3.8) is 0 Å². The Morgan fingerprint density at radius 2 is 1.94 bits per heavy atom. The van der Waals surface area contributed by atoms with Crippen LogP contribution in [-0.2, 0) is 0 Å². The quantitative estimate of drug-likeness (QED) is 0.867. The number of nitrogens with two attached hydrogens (primary N) is 1. The van der Waals surface area contributed by atoms with E-state index in [2.05, 4.69) is 4.98 Å². The highest BCUT2D eigenvalue weighted by atomic mass is 19.1. The first-order valence-corrected chi connectivity index (χ1v) is 5.20. The molecule has 0 saturated heterocycles. The average molecular weight is 234 g/mol. The third kappa shape index (κ3) is 2.31. The van der Waals surface area contributed by atoms with E-state index in [0.29, 0.717) is 16.7 Å². The minimum atomic E-state index is -0.614. The molecular weight excluding hydrogens is 222 g/mol. The first kappa shape index (κ1) is 11.7. The molecule has 0 aliphatic carbocycles. The number of rotatable bonds is 2. The SMILES string of the molecule is Cc1cc(C(N)c2ccncc2F)ccc1F. The van der Waals surface area contributed by atoms with Crippen LogP contribution >= 0.6 is 0 Å². The molecule has 2 aromatic rings. The molecule has 1 atom stereocenters. The van der Waals surface area contributed by atoms with E-state index in [1.54, 1.807) is 19.1 Å². The van der Waals surface area contributed by atoms with Gasteiger partial charge in [-0.15, -0.1) is 0 Å². The lowest BCUT2D eigenvalue weighted by molar-refractivity contribution is 0.591. The van der Waals surface area contributed by atoms with Crippen LogP contribution in [0.2, 0.25) is 0 Å². The van der Waals surface area contributed by atoms with Crippen LogP contribution in [0.1, 0.15) is 22.7 Å². The summed E-state index contributed by atoms with van der Waals surface area (Å²) in [5, 5.41) is 0. The molecule has 1 aromatic heterocycles. The van der Waals surface area contributed by atoms with Gasteiger partial charge in [0.15, 0.2) is 0 Å². The highest BCUT2D eigenvalue weighted by molar-refractivity contribution is 5.33. The predicted octanol–water partition coefficient (Wildman–Crippen LogP) is 2.72. The van der Waals surface area contributed by atoms with Gasteiger partial charge in [0.05, 0.1) is 12.2 Å². The van der Waals surface area contributed by atoms with Crippen LogP contribution < -0.4 is 5.73 Å². The van der Waals surface area contributed by atoms with Crippen molar-refractivity contribution < 1.29 is 8.78 Å². The molecule has 2 N–H and O–H groups in total. The molecule has 0 saturated carbocycles. The summed E-state index contributed by atoms with van der Waals surface area (Å²) in [4.78, 5) is 3.66. The second kappa shape index (κ2) is 4.59. The van der Waals surface area contributed by atoms with Crippen LogP contribution in [0.4, 0.5) is 8.78 Å². The maximum Gasteiger partial charge on any atom is 0.146 e. The fraction of sp³-hybridized carbons (Fsp3) is 0.154. The molecule has 0 amide bonds. The molecule has 88 valence electrons. The summed E-state index contributed by atoms with van der Waals surface area (Å²) in [6.07, 6.45) is 2.60. The third-order valence-electron chi connectivity index (χ3n) is 2.68. The number of aryl methyl sites for hydroxylation is 1. The molecule has 1 unspecified atom stereocenters. The number of nitrogens with zero attached hydrogens (tertiary/aromatic N) is 1. The summed E-state index contributed by atoms with van der Waals surface area (Å²) in [6.45, 7) is 1.65. The number of hydrogen-bond acceptors (Lipinski definition) is 2. The van der Waals surface area contributed by atoms with E-state index in [1.807, 2.05) is 0 Å². The van der Waals surface area contributed by atoms with Crippen molar-refractivity contribution in [3.05, 3.63) is 65.0 Å². The van der Waals surface area contributed by atoms with Crippen molar-refractivity contribution in [2.24, 2.45) is 5.73 Å². The van der Waals surface area contributed by atoms with Crippen molar-refractivity contribution in [1.29, 1.82) is 0 Å². The lowest BCUT2D eigenvalue weighted by atomic mass is 9.98. The largest absolute Gasteiger partial charge is 0.320 e. The Morgan fingerprint density at radius 1 is 1.18 bits per heavy atom. The maximum absolute atomic E-state index is 13.5. The Balaban J connectivity index is 2.40. The van der Waals surface area contributed by atoms with E-state index in [9.17, 15) is 8.78 Å². The molecular formula is C13H12F2N2. The molecule has 2 nitrogen and oxygen atoms in total. The van der Waals surface area contributed by atoms with Gasteiger partial charge >= 0.3 is 0 Å². The Bertz CT molecular complexity index is 541. The third-order valence-corrected chi connectivity index (χ3v) is 2.68. The van der Waals surface area contributed by atoms with Gasteiger partial charge < -0.3 is 5.73 Å². The molecule has 0 aliphatic heterocycles.